The standard InChI is InChI=1S/C24H29FN4O3/c1-27-8-7-26-24(27)23(30)20-5-4-6-21(25)22(20)29-11-9-28(10-12-29)16-17-13-18(31-2)15-19(14-17)32-3/h4-8,13-15,23,30H,9-12,16H2,1-3H3. The number of anilines is 1. The molecule has 1 aliphatic heterocycles. The molecule has 1 aromatic heterocycles. The fraction of sp³-hybridized carbons (Fsp3) is 0.375. The summed E-state index contributed by atoms with van der Waals surface area (Å²) in [7, 11) is 5.10. The molecule has 7 nitrogen and oxygen atoms in total. The van der Waals surface area contributed by atoms with Crippen molar-refractivity contribution >= 4 is 5.69 Å². The number of benzene rings is 2. The van der Waals surface area contributed by atoms with Crippen LogP contribution in [0.15, 0.2) is 48.8 Å². The molecular formula is C24H29FN4O3. The minimum Gasteiger partial charge on any atom is -0.497 e. The van der Waals surface area contributed by atoms with E-state index in [1.165, 1.54) is 6.07 Å². The summed E-state index contributed by atoms with van der Waals surface area (Å²) in [6.45, 7) is 3.60. The van der Waals surface area contributed by atoms with E-state index in [1.54, 1.807) is 43.3 Å². The SMILES string of the molecule is COc1cc(CN2CCN(c3c(F)cccc3C(O)c3nccn3C)CC2)cc(OC)c1. The lowest BCUT2D eigenvalue weighted by Gasteiger charge is -2.37. The van der Waals surface area contributed by atoms with E-state index in [9.17, 15) is 9.50 Å². The van der Waals surface area contributed by atoms with Gasteiger partial charge < -0.3 is 24.0 Å². The Kier molecular flexibility index (Phi) is 6.62. The lowest BCUT2D eigenvalue weighted by molar-refractivity contribution is 0.205. The second kappa shape index (κ2) is 9.58. The van der Waals surface area contributed by atoms with Crippen LogP contribution in [0.2, 0.25) is 0 Å². The Hall–Kier alpha value is -3.10. The van der Waals surface area contributed by atoms with Crippen molar-refractivity contribution in [2.45, 2.75) is 12.6 Å². The van der Waals surface area contributed by atoms with Gasteiger partial charge in [-0.1, -0.05) is 12.1 Å². The van der Waals surface area contributed by atoms with Gasteiger partial charge in [-0.25, -0.2) is 9.37 Å². The van der Waals surface area contributed by atoms with Crippen LogP contribution in [0.25, 0.3) is 0 Å². The first-order chi connectivity index (χ1) is 15.5. The van der Waals surface area contributed by atoms with Gasteiger partial charge >= 0.3 is 0 Å². The molecule has 0 spiro atoms. The van der Waals surface area contributed by atoms with Crippen LogP contribution in [0.1, 0.15) is 23.1 Å². The summed E-state index contributed by atoms with van der Waals surface area (Å²) in [5, 5.41) is 10.9. The third kappa shape index (κ3) is 4.56. The Morgan fingerprint density at radius 3 is 2.34 bits per heavy atom. The number of aryl methyl sites for hydroxylation is 1. The summed E-state index contributed by atoms with van der Waals surface area (Å²) in [4.78, 5) is 8.57. The molecule has 1 atom stereocenters. The molecule has 1 aliphatic rings. The van der Waals surface area contributed by atoms with Crippen LogP contribution in [0, 0.1) is 5.82 Å². The molecule has 1 fully saturated rings. The number of halogens is 1. The van der Waals surface area contributed by atoms with Crippen molar-refractivity contribution < 1.29 is 19.0 Å². The molecule has 0 saturated carbocycles. The number of hydrogen-bond acceptors (Lipinski definition) is 6. The first kappa shape index (κ1) is 22.1. The Morgan fingerprint density at radius 1 is 1.06 bits per heavy atom. The van der Waals surface area contributed by atoms with Crippen LogP contribution in [0.4, 0.5) is 10.1 Å². The predicted molar refractivity (Wildman–Crippen MR) is 121 cm³/mol. The van der Waals surface area contributed by atoms with Crippen LogP contribution in [-0.2, 0) is 13.6 Å². The molecule has 0 radical (unpaired) electrons. The molecule has 0 aliphatic carbocycles. The minimum absolute atomic E-state index is 0.332. The zero-order valence-corrected chi connectivity index (χ0v) is 18.7. The van der Waals surface area contributed by atoms with Crippen molar-refractivity contribution in [1.82, 2.24) is 14.5 Å². The van der Waals surface area contributed by atoms with Crippen LogP contribution in [-0.4, -0.2) is 60.0 Å². The molecule has 1 unspecified atom stereocenters. The third-order valence-corrected chi connectivity index (χ3v) is 5.92. The molecule has 32 heavy (non-hydrogen) atoms. The van der Waals surface area contributed by atoms with Crippen LogP contribution in [0.5, 0.6) is 11.5 Å². The van der Waals surface area contributed by atoms with Crippen LogP contribution < -0.4 is 14.4 Å². The summed E-state index contributed by atoms with van der Waals surface area (Å²) < 4.78 is 27.4. The van der Waals surface area contributed by atoms with Crippen molar-refractivity contribution in [3.05, 3.63) is 71.6 Å². The number of aromatic nitrogens is 2. The van der Waals surface area contributed by atoms with E-state index in [1.807, 2.05) is 30.1 Å². The molecule has 4 rings (SSSR count). The van der Waals surface area contributed by atoms with E-state index in [2.05, 4.69) is 9.88 Å². The number of piperazine rings is 1. The highest BCUT2D eigenvalue weighted by Gasteiger charge is 2.26. The van der Waals surface area contributed by atoms with E-state index in [0.717, 1.165) is 36.7 Å². The van der Waals surface area contributed by atoms with Gasteiger partial charge in [-0.3, -0.25) is 4.90 Å². The second-order valence-electron chi connectivity index (χ2n) is 7.96. The third-order valence-electron chi connectivity index (χ3n) is 5.92. The zero-order chi connectivity index (χ0) is 22.7. The molecular weight excluding hydrogens is 411 g/mol. The van der Waals surface area contributed by atoms with E-state index < -0.39 is 6.10 Å². The molecule has 170 valence electrons. The summed E-state index contributed by atoms with van der Waals surface area (Å²) in [5.74, 6) is 1.68. The molecule has 0 amide bonds. The number of imidazole rings is 1. The lowest BCUT2D eigenvalue weighted by Crippen LogP contribution is -2.46. The number of ether oxygens (including phenoxy) is 2. The first-order valence-electron chi connectivity index (χ1n) is 10.6. The fourth-order valence-corrected chi connectivity index (χ4v) is 4.21. The average Bonchev–Trinajstić information content (AvgIpc) is 3.24. The normalized spacial score (nSPS) is 15.6. The minimum atomic E-state index is -0.997. The van der Waals surface area contributed by atoms with E-state index in [-0.39, 0.29) is 5.82 Å². The zero-order valence-electron chi connectivity index (χ0n) is 18.7. The first-order valence-corrected chi connectivity index (χ1v) is 10.6. The highest BCUT2D eigenvalue weighted by Crippen LogP contribution is 2.33. The summed E-state index contributed by atoms with van der Waals surface area (Å²) in [6, 6.07) is 10.7. The summed E-state index contributed by atoms with van der Waals surface area (Å²) >= 11 is 0. The number of methoxy groups -OCH3 is 2. The fourth-order valence-electron chi connectivity index (χ4n) is 4.21. The van der Waals surface area contributed by atoms with Gasteiger partial charge in [0.05, 0.1) is 19.9 Å². The number of aliphatic hydroxyl groups excluding tert-OH is 1. The van der Waals surface area contributed by atoms with Crippen molar-refractivity contribution in [1.29, 1.82) is 0 Å². The van der Waals surface area contributed by atoms with Gasteiger partial charge in [0.15, 0.2) is 0 Å². The maximum absolute atomic E-state index is 14.9. The molecule has 1 saturated heterocycles. The second-order valence-corrected chi connectivity index (χ2v) is 7.96. The van der Waals surface area contributed by atoms with Gasteiger partial charge in [-0.05, 0) is 23.8 Å². The smallest absolute Gasteiger partial charge is 0.146 e. The highest BCUT2D eigenvalue weighted by atomic mass is 19.1. The molecule has 8 heteroatoms. The predicted octanol–water partition coefficient (Wildman–Crippen LogP) is 2.98. The van der Waals surface area contributed by atoms with E-state index in [0.29, 0.717) is 30.2 Å². The molecule has 3 aromatic rings. The Bertz CT molecular complexity index is 1040. The molecule has 2 heterocycles. The van der Waals surface area contributed by atoms with Crippen LogP contribution >= 0.6 is 0 Å². The average molecular weight is 441 g/mol. The summed E-state index contributed by atoms with van der Waals surface area (Å²) in [6.07, 6.45) is 2.40. The molecule has 2 aromatic carbocycles. The molecule has 0 bridgehead atoms. The number of hydrogen-bond donors (Lipinski definition) is 1. The Morgan fingerprint density at radius 2 is 1.75 bits per heavy atom. The summed E-state index contributed by atoms with van der Waals surface area (Å²) in [5.41, 5.74) is 2.09. The van der Waals surface area contributed by atoms with Gasteiger partial charge in [0, 0.05) is 63.8 Å². The van der Waals surface area contributed by atoms with Gasteiger partial charge in [-0.2, -0.15) is 0 Å². The number of para-hydroxylation sites is 1. The number of nitrogens with zero attached hydrogens (tertiary/aromatic N) is 4. The van der Waals surface area contributed by atoms with Gasteiger partial charge in [0.25, 0.3) is 0 Å². The van der Waals surface area contributed by atoms with E-state index in [4.69, 9.17) is 9.47 Å². The van der Waals surface area contributed by atoms with Crippen molar-refractivity contribution in [3.8, 4) is 11.5 Å². The lowest BCUT2D eigenvalue weighted by atomic mass is 10.0. The van der Waals surface area contributed by atoms with Gasteiger partial charge in [-0.15, -0.1) is 0 Å². The van der Waals surface area contributed by atoms with E-state index >= 15 is 0 Å². The maximum Gasteiger partial charge on any atom is 0.146 e. The van der Waals surface area contributed by atoms with Gasteiger partial charge in [0.1, 0.15) is 29.2 Å². The quantitative estimate of drug-likeness (QED) is 0.610. The maximum atomic E-state index is 14.9. The number of aliphatic hydroxyl groups is 1. The molecule has 1 N–H and O–H groups in total. The monoisotopic (exact) mass is 440 g/mol. The van der Waals surface area contributed by atoms with Crippen molar-refractivity contribution in [2.24, 2.45) is 7.05 Å². The highest BCUT2D eigenvalue weighted by molar-refractivity contribution is 5.57. The Balaban J connectivity index is 1.49. The van der Waals surface area contributed by atoms with Gasteiger partial charge in [0.2, 0.25) is 0 Å². The largest absolute Gasteiger partial charge is 0.497 e. The van der Waals surface area contributed by atoms with Crippen molar-refractivity contribution in [3.63, 3.8) is 0 Å². The number of rotatable bonds is 7. The van der Waals surface area contributed by atoms with Crippen molar-refractivity contribution in [2.75, 3.05) is 45.3 Å². The topological polar surface area (TPSA) is 63.0 Å². The Labute approximate surface area is 187 Å². The van der Waals surface area contributed by atoms with Crippen LogP contribution in [0.3, 0.4) is 0 Å².